The molecule has 1 aliphatic heterocycles. The zero-order valence-electron chi connectivity index (χ0n) is 12.5. The molecule has 0 bridgehead atoms. The highest BCUT2D eigenvalue weighted by Gasteiger charge is 2.45. The molecule has 4 rings (SSSR count). The van der Waals surface area contributed by atoms with E-state index in [0.29, 0.717) is 12.8 Å². The van der Waals surface area contributed by atoms with Gasteiger partial charge in [0.1, 0.15) is 23.8 Å². The van der Waals surface area contributed by atoms with Crippen LogP contribution in [0.2, 0.25) is 0 Å². The van der Waals surface area contributed by atoms with Gasteiger partial charge in [-0.05, 0) is 49.4 Å². The van der Waals surface area contributed by atoms with Crippen molar-refractivity contribution in [3.63, 3.8) is 0 Å². The summed E-state index contributed by atoms with van der Waals surface area (Å²) in [5.74, 6) is 1.25. The highest BCUT2D eigenvalue weighted by atomic mass is 19.1. The summed E-state index contributed by atoms with van der Waals surface area (Å²) in [4.78, 5) is 0. The average molecular weight is 298 g/mol. The van der Waals surface area contributed by atoms with Gasteiger partial charge in [-0.25, -0.2) is 4.39 Å². The smallest absolute Gasteiger partial charge is 0.127 e. The van der Waals surface area contributed by atoms with E-state index in [1.807, 2.05) is 0 Å². The third kappa shape index (κ3) is 2.16. The van der Waals surface area contributed by atoms with E-state index in [1.54, 1.807) is 18.2 Å². The van der Waals surface area contributed by atoms with Gasteiger partial charge in [-0.15, -0.1) is 0 Å². The number of alkyl halides is 1. The van der Waals surface area contributed by atoms with E-state index in [1.165, 1.54) is 5.56 Å². The van der Waals surface area contributed by atoms with Crippen molar-refractivity contribution in [1.82, 2.24) is 0 Å². The first-order valence-electron chi connectivity index (χ1n) is 7.82. The number of phenolic OH excluding ortho intramolecular Hbond substituents is 1. The standard InChI is InChI=1S/C19H19FO2/c1-11-2-4-12(5-3-11)19-17-9-13(20)8-15(17)16-10-14(21)6-7-18(16)22-19/h2-7,10,13,15,17,19,21H,8-9H2,1H3/t13-,15+,17+,19+/m1/s1. The van der Waals surface area contributed by atoms with E-state index in [-0.39, 0.29) is 23.7 Å². The molecule has 1 N–H and O–H groups in total. The third-order valence-electron chi connectivity index (χ3n) is 5.00. The van der Waals surface area contributed by atoms with Gasteiger partial charge in [-0.3, -0.25) is 0 Å². The van der Waals surface area contributed by atoms with Crippen LogP contribution in [0.15, 0.2) is 42.5 Å². The maximum Gasteiger partial charge on any atom is 0.127 e. The van der Waals surface area contributed by atoms with Crippen molar-refractivity contribution in [1.29, 1.82) is 0 Å². The number of hydrogen-bond acceptors (Lipinski definition) is 2. The molecule has 0 amide bonds. The highest BCUT2D eigenvalue weighted by molar-refractivity contribution is 5.45. The van der Waals surface area contributed by atoms with Crippen LogP contribution in [0.25, 0.3) is 0 Å². The van der Waals surface area contributed by atoms with Crippen LogP contribution < -0.4 is 4.74 Å². The predicted molar refractivity (Wildman–Crippen MR) is 83.0 cm³/mol. The van der Waals surface area contributed by atoms with Crippen molar-refractivity contribution in [2.45, 2.75) is 38.0 Å². The number of aryl methyl sites for hydroxylation is 1. The van der Waals surface area contributed by atoms with Gasteiger partial charge in [0.05, 0.1) is 0 Å². The molecule has 2 aliphatic rings. The predicted octanol–water partition coefficient (Wildman–Crippen LogP) is 4.67. The molecule has 0 saturated heterocycles. The Morgan fingerprint density at radius 3 is 2.64 bits per heavy atom. The molecule has 1 saturated carbocycles. The van der Waals surface area contributed by atoms with Gasteiger partial charge in [0.25, 0.3) is 0 Å². The molecular formula is C19H19FO2. The zero-order chi connectivity index (χ0) is 15.3. The monoisotopic (exact) mass is 298 g/mol. The molecule has 0 radical (unpaired) electrons. The maximum absolute atomic E-state index is 14.1. The largest absolute Gasteiger partial charge is 0.508 e. The molecule has 0 unspecified atom stereocenters. The summed E-state index contributed by atoms with van der Waals surface area (Å²) < 4.78 is 20.3. The summed E-state index contributed by atoms with van der Waals surface area (Å²) in [5, 5.41) is 9.74. The molecule has 3 heteroatoms. The molecular weight excluding hydrogens is 279 g/mol. The Hall–Kier alpha value is -2.03. The summed E-state index contributed by atoms with van der Waals surface area (Å²) >= 11 is 0. The minimum Gasteiger partial charge on any atom is -0.508 e. The Bertz CT molecular complexity index is 695. The number of hydrogen-bond donors (Lipinski definition) is 1. The Kier molecular flexibility index (Phi) is 3.10. The second kappa shape index (κ2) is 5.01. The van der Waals surface area contributed by atoms with Crippen molar-refractivity contribution in [3.8, 4) is 11.5 Å². The maximum atomic E-state index is 14.1. The van der Waals surface area contributed by atoms with E-state index < -0.39 is 6.17 Å². The van der Waals surface area contributed by atoms with E-state index in [0.717, 1.165) is 16.9 Å². The van der Waals surface area contributed by atoms with Crippen LogP contribution in [0.1, 0.15) is 41.6 Å². The number of benzene rings is 2. The van der Waals surface area contributed by atoms with E-state index in [9.17, 15) is 9.50 Å². The third-order valence-corrected chi connectivity index (χ3v) is 5.00. The zero-order valence-corrected chi connectivity index (χ0v) is 12.5. The van der Waals surface area contributed by atoms with Gasteiger partial charge in [0.2, 0.25) is 0 Å². The van der Waals surface area contributed by atoms with Gasteiger partial charge >= 0.3 is 0 Å². The molecule has 0 aromatic heterocycles. The van der Waals surface area contributed by atoms with Crippen LogP contribution in [0, 0.1) is 12.8 Å². The quantitative estimate of drug-likeness (QED) is 0.829. The molecule has 22 heavy (non-hydrogen) atoms. The molecule has 1 fully saturated rings. The fourth-order valence-electron chi connectivity index (χ4n) is 3.93. The number of rotatable bonds is 1. The molecule has 2 aromatic rings. The lowest BCUT2D eigenvalue weighted by Gasteiger charge is -2.36. The normalized spacial score (nSPS) is 29.5. The molecule has 2 nitrogen and oxygen atoms in total. The molecule has 4 atom stereocenters. The fraction of sp³-hybridized carbons (Fsp3) is 0.368. The summed E-state index contributed by atoms with van der Waals surface area (Å²) in [6.45, 7) is 2.06. The van der Waals surface area contributed by atoms with Crippen molar-refractivity contribution < 1.29 is 14.2 Å². The SMILES string of the molecule is Cc1ccc([C@@H]2Oc3ccc(O)cc3[C@@H]3C[C@@H](F)C[C@@H]32)cc1. The first-order chi connectivity index (χ1) is 10.6. The second-order valence-electron chi connectivity index (χ2n) is 6.51. The Morgan fingerprint density at radius 1 is 1.09 bits per heavy atom. The topological polar surface area (TPSA) is 29.5 Å². The van der Waals surface area contributed by atoms with Crippen LogP contribution in [-0.2, 0) is 0 Å². The van der Waals surface area contributed by atoms with E-state index in [4.69, 9.17) is 4.74 Å². The number of fused-ring (bicyclic) bond motifs is 3. The molecule has 0 spiro atoms. The molecule has 2 aromatic carbocycles. The average Bonchev–Trinajstić information content (AvgIpc) is 2.89. The Balaban J connectivity index is 1.78. The van der Waals surface area contributed by atoms with Crippen molar-refractivity contribution >= 4 is 0 Å². The summed E-state index contributed by atoms with van der Waals surface area (Å²) in [7, 11) is 0. The van der Waals surface area contributed by atoms with Gasteiger partial charge in [0, 0.05) is 11.5 Å². The highest BCUT2D eigenvalue weighted by Crippen LogP contribution is 2.54. The van der Waals surface area contributed by atoms with Gasteiger partial charge in [-0.2, -0.15) is 0 Å². The van der Waals surface area contributed by atoms with Gasteiger partial charge in [-0.1, -0.05) is 29.8 Å². The molecule has 1 aliphatic carbocycles. The summed E-state index contributed by atoms with van der Waals surface area (Å²) in [5.41, 5.74) is 3.26. The minimum atomic E-state index is -0.792. The minimum absolute atomic E-state index is 0.108. The number of phenols is 1. The number of aromatic hydroxyl groups is 1. The number of ether oxygens (including phenoxy) is 1. The van der Waals surface area contributed by atoms with Crippen LogP contribution in [0.4, 0.5) is 4.39 Å². The number of halogens is 1. The summed E-state index contributed by atoms with van der Waals surface area (Å²) in [6, 6.07) is 13.5. The fourth-order valence-corrected chi connectivity index (χ4v) is 3.93. The van der Waals surface area contributed by atoms with Crippen LogP contribution in [0.3, 0.4) is 0 Å². The van der Waals surface area contributed by atoms with Crippen LogP contribution in [-0.4, -0.2) is 11.3 Å². The first kappa shape index (κ1) is 13.6. The van der Waals surface area contributed by atoms with E-state index in [2.05, 4.69) is 31.2 Å². The molecule has 1 heterocycles. The first-order valence-corrected chi connectivity index (χ1v) is 7.82. The van der Waals surface area contributed by atoms with Gasteiger partial charge in [0.15, 0.2) is 0 Å². The van der Waals surface area contributed by atoms with Crippen molar-refractivity contribution in [3.05, 3.63) is 59.2 Å². The lowest BCUT2D eigenvalue weighted by Crippen LogP contribution is -2.26. The lowest BCUT2D eigenvalue weighted by atomic mass is 9.80. The Morgan fingerprint density at radius 2 is 1.86 bits per heavy atom. The van der Waals surface area contributed by atoms with E-state index >= 15 is 0 Å². The van der Waals surface area contributed by atoms with Crippen LogP contribution in [0.5, 0.6) is 11.5 Å². The van der Waals surface area contributed by atoms with Gasteiger partial charge < -0.3 is 9.84 Å². The van der Waals surface area contributed by atoms with Crippen molar-refractivity contribution in [2.24, 2.45) is 5.92 Å². The lowest BCUT2D eigenvalue weighted by molar-refractivity contribution is 0.102. The van der Waals surface area contributed by atoms with Crippen LogP contribution >= 0.6 is 0 Å². The van der Waals surface area contributed by atoms with Crippen molar-refractivity contribution in [2.75, 3.05) is 0 Å². The summed E-state index contributed by atoms with van der Waals surface area (Å²) in [6.07, 6.45) is 0.147. The Labute approximate surface area is 129 Å². The molecule has 114 valence electrons. The second-order valence-corrected chi connectivity index (χ2v) is 6.51.